The Morgan fingerprint density at radius 1 is 1.27 bits per heavy atom. The van der Waals surface area contributed by atoms with Gasteiger partial charge in [-0.15, -0.1) is 0 Å². The minimum atomic E-state index is -0.0245. The van der Waals surface area contributed by atoms with Crippen molar-refractivity contribution in [2.24, 2.45) is 0 Å². The predicted molar refractivity (Wildman–Crippen MR) is 89.1 cm³/mol. The average Bonchev–Trinajstić information content (AvgIpc) is 2.88. The summed E-state index contributed by atoms with van der Waals surface area (Å²) >= 11 is 0. The van der Waals surface area contributed by atoms with Crippen LogP contribution >= 0.6 is 0 Å². The fourth-order valence-corrected chi connectivity index (χ4v) is 2.52. The Labute approximate surface area is 132 Å². The van der Waals surface area contributed by atoms with Gasteiger partial charge in [0.25, 0.3) is 0 Å². The predicted octanol–water partition coefficient (Wildman–Crippen LogP) is 3.86. The lowest BCUT2D eigenvalue weighted by atomic mass is 10.1. The van der Waals surface area contributed by atoms with E-state index in [1.165, 1.54) is 5.56 Å². The van der Waals surface area contributed by atoms with E-state index in [1.807, 2.05) is 24.7 Å². The van der Waals surface area contributed by atoms with Crippen molar-refractivity contribution in [1.29, 1.82) is 0 Å². The van der Waals surface area contributed by atoms with Crippen molar-refractivity contribution in [3.63, 3.8) is 0 Å². The normalized spacial score (nSPS) is 12.2. The topological polar surface area (TPSA) is 46.9 Å². The number of rotatable bonds is 6. The molecule has 0 spiro atoms. The molecule has 0 bridgehead atoms. The molecule has 2 rings (SSSR count). The van der Waals surface area contributed by atoms with Crippen molar-refractivity contribution in [3.05, 3.63) is 47.3 Å². The zero-order valence-electron chi connectivity index (χ0n) is 13.9. The molecule has 0 aliphatic heterocycles. The van der Waals surface area contributed by atoms with E-state index in [-0.39, 0.29) is 11.9 Å². The molecule has 4 nitrogen and oxygen atoms in total. The molecule has 0 aliphatic carbocycles. The third-order valence-electron chi connectivity index (χ3n) is 3.93. The first kappa shape index (κ1) is 16.3. The molecule has 0 saturated heterocycles. The molecule has 1 N–H and O–H groups in total. The van der Waals surface area contributed by atoms with Gasteiger partial charge in [0.2, 0.25) is 5.91 Å². The van der Waals surface area contributed by atoms with E-state index < -0.39 is 0 Å². The molecule has 1 aromatic heterocycles. The SMILES string of the molecule is CCCCC(=O)N[C@H](C)c1cnn(-c2ccc(C)cc2)c1C. The van der Waals surface area contributed by atoms with Crippen molar-refractivity contribution < 1.29 is 4.79 Å². The number of aromatic nitrogens is 2. The number of nitrogens with one attached hydrogen (secondary N) is 1. The molecule has 1 aromatic carbocycles. The van der Waals surface area contributed by atoms with Crippen molar-refractivity contribution in [2.75, 3.05) is 0 Å². The minimum Gasteiger partial charge on any atom is -0.349 e. The van der Waals surface area contributed by atoms with E-state index >= 15 is 0 Å². The Morgan fingerprint density at radius 3 is 2.59 bits per heavy atom. The number of nitrogens with zero attached hydrogens (tertiary/aromatic N) is 2. The molecule has 0 saturated carbocycles. The number of hydrogen-bond donors (Lipinski definition) is 1. The van der Waals surface area contributed by atoms with Gasteiger partial charge >= 0.3 is 0 Å². The van der Waals surface area contributed by atoms with Crippen LogP contribution in [0.5, 0.6) is 0 Å². The first-order valence-electron chi connectivity index (χ1n) is 7.93. The van der Waals surface area contributed by atoms with Crippen LogP contribution in [0.4, 0.5) is 0 Å². The Hall–Kier alpha value is -2.10. The lowest BCUT2D eigenvalue weighted by Gasteiger charge is -2.14. The zero-order chi connectivity index (χ0) is 16.1. The van der Waals surface area contributed by atoms with Crippen LogP contribution in [0.1, 0.15) is 56.0 Å². The van der Waals surface area contributed by atoms with E-state index in [0.717, 1.165) is 29.8 Å². The van der Waals surface area contributed by atoms with Gasteiger partial charge in [-0.25, -0.2) is 4.68 Å². The van der Waals surface area contributed by atoms with Gasteiger partial charge < -0.3 is 5.32 Å². The number of unbranched alkanes of at least 4 members (excludes halogenated alkanes) is 1. The fraction of sp³-hybridized carbons (Fsp3) is 0.444. The Balaban J connectivity index is 2.13. The summed E-state index contributed by atoms with van der Waals surface area (Å²) in [5, 5.41) is 7.52. The first-order chi connectivity index (χ1) is 10.5. The number of carbonyl (C=O) groups is 1. The van der Waals surface area contributed by atoms with Crippen LogP contribution in [0, 0.1) is 13.8 Å². The van der Waals surface area contributed by atoms with Crippen LogP contribution in [-0.2, 0) is 4.79 Å². The van der Waals surface area contributed by atoms with E-state index in [1.54, 1.807) is 0 Å². The summed E-state index contributed by atoms with van der Waals surface area (Å²) in [6, 6.07) is 8.24. The quantitative estimate of drug-likeness (QED) is 0.880. The maximum atomic E-state index is 11.9. The van der Waals surface area contributed by atoms with Crippen LogP contribution < -0.4 is 5.32 Å². The summed E-state index contributed by atoms with van der Waals surface area (Å²) in [6.07, 6.45) is 4.40. The van der Waals surface area contributed by atoms with Gasteiger partial charge in [0.1, 0.15) is 0 Å². The Morgan fingerprint density at radius 2 is 1.95 bits per heavy atom. The molecule has 1 atom stereocenters. The summed E-state index contributed by atoms with van der Waals surface area (Å²) in [7, 11) is 0. The summed E-state index contributed by atoms with van der Waals surface area (Å²) in [4.78, 5) is 11.9. The standard InChI is InChI=1S/C18H25N3O/c1-5-6-7-18(22)20-14(3)17-12-19-21(15(17)4)16-10-8-13(2)9-11-16/h8-12,14H,5-7H2,1-4H3,(H,20,22)/t14-/m1/s1. The maximum Gasteiger partial charge on any atom is 0.220 e. The molecule has 2 aromatic rings. The number of aryl methyl sites for hydroxylation is 1. The molecule has 1 heterocycles. The third kappa shape index (κ3) is 3.75. The molecule has 4 heteroatoms. The number of benzene rings is 1. The lowest BCUT2D eigenvalue weighted by Crippen LogP contribution is -2.26. The van der Waals surface area contributed by atoms with Crippen LogP contribution in [0.15, 0.2) is 30.5 Å². The van der Waals surface area contributed by atoms with Gasteiger partial charge in [-0.05, 0) is 39.3 Å². The van der Waals surface area contributed by atoms with Crippen LogP contribution in [0.2, 0.25) is 0 Å². The lowest BCUT2D eigenvalue weighted by molar-refractivity contribution is -0.121. The molecular weight excluding hydrogens is 274 g/mol. The third-order valence-corrected chi connectivity index (χ3v) is 3.93. The zero-order valence-corrected chi connectivity index (χ0v) is 13.9. The molecule has 118 valence electrons. The van der Waals surface area contributed by atoms with Crippen LogP contribution in [0.25, 0.3) is 5.69 Å². The molecule has 0 unspecified atom stereocenters. The molecule has 1 amide bonds. The average molecular weight is 299 g/mol. The Kier molecular flexibility index (Phi) is 5.36. The van der Waals surface area contributed by atoms with Gasteiger partial charge in [-0.2, -0.15) is 5.10 Å². The van der Waals surface area contributed by atoms with Crippen molar-refractivity contribution in [2.45, 2.75) is 53.0 Å². The van der Waals surface area contributed by atoms with Crippen LogP contribution in [-0.4, -0.2) is 15.7 Å². The molecule has 0 fully saturated rings. The van der Waals surface area contributed by atoms with Crippen molar-refractivity contribution in [1.82, 2.24) is 15.1 Å². The monoisotopic (exact) mass is 299 g/mol. The first-order valence-corrected chi connectivity index (χ1v) is 7.93. The van der Waals surface area contributed by atoms with Gasteiger partial charge in [-0.3, -0.25) is 4.79 Å². The smallest absolute Gasteiger partial charge is 0.220 e. The highest BCUT2D eigenvalue weighted by molar-refractivity contribution is 5.76. The number of amides is 1. The Bertz CT molecular complexity index is 628. The van der Waals surface area contributed by atoms with E-state index in [9.17, 15) is 4.79 Å². The van der Waals surface area contributed by atoms with Gasteiger partial charge in [0.15, 0.2) is 0 Å². The second-order valence-electron chi connectivity index (χ2n) is 5.83. The summed E-state index contributed by atoms with van der Waals surface area (Å²) < 4.78 is 1.92. The van der Waals surface area contributed by atoms with Gasteiger partial charge in [0, 0.05) is 17.7 Å². The number of carbonyl (C=O) groups excluding carboxylic acids is 1. The summed E-state index contributed by atoms with van der Waals surface area (Å²) in [6.45, 7) is 8.20. The second-order valence-corrected chi connectivity index (χ2v) is 5.83. The molecule has 22 heavy (non-hydrogen) atoms. The molecule has 0 aliphatic rings. The van der Waals surface area contributed by atoms with Gasteiger partial charge in [0.05, 0.1) is 17.9 Å². The largest absolute Gasteiger partial charge is 0.349 e. The van der Waals surface area contributed by atoms with Crippen LogP contribution in [0.3, 0.4) is 0 Å². The second kappa shape index (κ2) is 7.25. The highest BCUT2D eigenvalue weighted by Crippen LogP contribution is 2.20. The fourth-order valence-electron chi connectivity index (χ4n) is 2.52. The highest BCUT2D eigenvalue weighted by atomic mass is 16.1. The van der Waals surface area contributed by atoms with E-state index in [0.29, 0.717) is 6.42 Å². The highest BCUT2D eigenvalue weighted by Gasteiger charge is 2.16. The summed E-state index contributed by atoms with van der Waals surface area (Å²) in [5.74, 6) is 0.108. The minimum absolute atomic E-state index is 0.0245. The van der Waals surface area contributed by atoms with E-state index in [4.69, 9.17) is 0 Å². The van der Waals surface area contributed by atoms with E-state index in [2.05, 4.69) is 48.5 Å². The summed E-state index contributed by atoms with van der Waals surface area (Å²) in [5.41, 5.74) is 4.39. The molecule has 0 radical (unpaired) electrons. The van der Waals surface area contributed by atoms with Crippen molar-refractivity contribution in [3.8, 4) is 5.69 Å². The van der Waals surface area contributed by atoms with Crippen molar-refractivity contribution >= 4 is 5.91 Å². The van der Waals surface area contributed by atoms with Gasteiger partial charge in [-0.1, -0.05) is 31.0 Å². The number of hydrogen-bond acceptors (Lipinski definition) is 2. The maximum absolute atomic E-state index is 11.9. The molecular formula is C18H25N3O.